The van der Waals surface area contributed by atoms with E-state index in [0.717, 1.165) is 16.7 Å². The third-order valence-electron chi connectivity index (χ3n) is 3.54. The van der Waals surface area contributed by atoms with E-state index < -0.39 is 12.9 Å². The molecule has 0 saturated heterocycles. The second-order valence-electron chi connectivity index (χ2n) is 4.92. The monoisotopic (exact) mass is 288 g/mol. The van der Waals surface area contributed by atoms with Gasteiger partial charge in [-0.25, -0.2) is 0 Å². The first-order valence-electron chi connectivity index (χ1n) is 6.36. The molecule has 0 saturated carbocycles. The van der Waals surface area contributed by atoms with Crippen LogP contribution in [0.15, 0.2) is 42.5 Å². The van der Waals surface area contributed by atoms with Crippen LogP contribution in [0.5, 0.6) is 0 Å². The van der Waals surface area contributed by atoms with Crippen LogP contribution in [0.3, 0.4) is 0 Å². The van der Waals surface area contributed by atoms with Crippen molar-refractivity contribution >= 4 is 18.2 Å². The van der Waals surface area contributed by atoms with Gasteiger partial charge in [-0.15, -0.1) is 0 Å². The third-order valence-corrected chi connectivity index (χ3v) is 5.31. The van der Waals surface area contributed by atoms with Crippen LogP contribution in [0, 0.1) is 20.8 Å². The molecule has 1 atom stereocenters. The van der Waals surface area contributed by atoms with Crippen molar-refractivity contribution < 1.29 is 14.3 Å². The maximum absolute atomic E-state index is 12.5. The Morgan fingerprint density at radius 1 is 0.950 bits per heavy atom. The molecule has 0 heterocycles. The van der Waals surface area contributed by atoms with Crippen molar-refractivity contribution in [2.24, 2.45) is 0 Å². The molecule has 0 fully saturated rings. The predicted molar refractivity (Wildman–Crippen MR) is 80.9 cm³/mol. The summed E-state index contributed by atoms with van der Waals surface area (Å²) >= 11 is 0. The lowest BCUT2D eigenvalue weighted by Gasteiger charge is -2.15. The van der Waals surface area contributed by atoms with Gasteiger partial charge in [0.15, 0.2) is 0 Å². The zero-order valence-electron chi connectivity index (χ0n) is 11.8. The summed E-state index contributed by atoms with van der Waals surface area (Å²) in [4.78, 5) is 22.8. The summed E-state index contributed by atoms with van der Waals surface area (Å²) in [7, 11) is -4.07. The molecule has 0 amide bonds. The minimum absolute atomic E-state index is 0.172. The Morgan fingerprint density at radius 3 is 2.10 bits per heavy atom. The fourth-order valence-electron chi connectivity index (χ4n) is 2.18. The molecule has 0 aliphatic heterocycles. The molecule has 4 heteroatoms. The van der Waals surface area contributed by atoms with Gasteiger partial charge in [0, 0.05) is 10.9 Å². The molecule has 0 bridgehead atoms. The normalized spacial score (nSPS) is 13.8. The maximum atomic E-state index is 12.5. The van der Waals surface area contributed by atoms with E-state index in [9.17, 15) is 14.3 Å². The Kier molecular flexibility index (Phi) is 3.94. The number of hydrogen-bond donors (Lipinski definition) is 1. The summed E-state index contributed by atoms with van der Waals surface area (Å²) in [6.07, 6.45) is 0. The summed E-state index contributed by atoms with van der Waals surface area (Å²) in [6, 6.07) is 11.8. The quantitative estimate of drug-likeness (QED) is 0.881. The highest BCUT2D eigenvalue weighted by molar-refractivity contribution is 7.82. The molecule has 3 nitrogen and oxygen atoms in total. The van der Waals surface area contributed by atoms with Gasteiger partial charge < -0.3 is 4.89 Å². The number of rotatable bonds is 3. The topological polar surface area (TPSA) is 54.4 Å². The van der Waals surface area contributed by atoms with Gasteiger partial charge in [-0.3, -0.25) is 9.36 Å². The van der Waals surface area contributed by atoms with Crippen molar-refractivity contribution in [3.8, 4) is 0 Å². The number of aryl methyl sites for hydroxylation is 2. The third kappa shape index (κ3) is 2.47. The molecular formula is C16H17O3P. The van der Waals surface area contributed by atoms with E-state index in [1.807, 2.05) is 13.0 Å². The van der Waals surface area contributed by atoms with E-state index in [0.29, 0.717) is 5.56 Å². The minimum Gasteiger partial charge on any atom is -0.336 e. The van der Waals surface area contributed by atoms with E-state index in [4.69, 9.17) is 0 Å². The van der Waals surface area contributed by atoms with Gasteiger partial charge in [0.2, 0.25) is 0 Å². The molecule has 1 unspecified atom stereocenters. The van der Waals surface area contributed by atoms with Crippen LogP contribution in [-0.4, -0.2) is 10.4 Å². The summed E-state index contributed by atoms with van der Waals surface area (Å²) < 4.78 is 12.5. The van der Waals surface area contributed by atoms with Crippen LogP contribution < -0.4 is 5.30 Å². The molecule has 0 aromatic heterocycles. The molecule has 2 aromatic carbocycles. The lowest BCUT2D eigenvalue weighted by Crippen LogP contribution is -2.15. The SMILES string of the molecule is Cc1ccc(C)c(C(=O)P(=O)(O)c2ccccc2)c1C. The van der Waals surface area contributed by atoms with Crippen molar-refractivity contribution in [3.05, 3.63) is 64.7 Å². The number of carbonyl (C=O) groups is 1. The first kappa shape index (κ1) is 14.7. The molecule has 0 radical (unpaired) electrons. The molecule has 2 rings (SSSR count). The summed E-state index contributed by atoms with van der Waals surface area (Å²) in [5.41, 5.74) is 2.10. The van der Waals surface area contributed by atoms with Gasteiger partial charge in [-0.2, -0.15) is 0 Å². The van der Waals surface area contributed by atoms with Gasteiger partial charge in [-0.05, 0) is 49.6 Å². The van der Waals surface area contributed by atoms with Crippen LogP contribution in [0.4, 0.5) is 0 Å². The molecule has 104 valence electrons. The van der Waals surface area contributed by atoms with Crippen molar-refractivity contribution in [2.75, 3.05) is 0 Å². The second-order valence-corrected chi connectivity index (χ2v) is 6.99. The Labute approximate surface area is 118 Å². The first-order valence-corrected chi connectivity index (χ1v) is 8.01. The molecule has 0 aliphatic carbocycles. The Bertz CT molecular complexity index is 705. The van der Waals surface area contributed by atoms with Crippen LogP contribution in [0.25, 0.3) is 0 Å². The van der Waals surface area contributed by atoms with E-state index in [2.05, 4.69) is 0 Å². The average molecular weight is 288 g/mol. The van der Waals surface area contributed by atoms with Gasteiger partial charge in [0.25, 0.3) is 12.9 Å². The van der Waals surface area contributed by atoms with Crippen molar-refractivity contribution in [3.63, 3.8) is 0 Å². The fourth-order valence-corrected chi connectivity index (χ4v) is 3.64. The highest BCUT2D eigenvalue weighted by Crippen LogP contribution is 2.44. The van der Waals surface area contributed by atoms with Crippen LogP contribution in [-0.2, 0) is 4.57 Å². The van der Waals surface area contributed by atoms with E-state index >= 15 is 0 Å². The molecule has 1 N–H and O–H groups in total. The maximum Gasteiger partial charge on any atom is 0.298 e. The summed E-state index contributed by atoms with van der Waals surface area (Å²) in [5, 5.41) is 0.172. The molecule has 0 spiro atoms. The lowest BCUT2D eigenvalue weighted by atomic mass is 9.99. The number of hydrogen-bond acceptors (Lipinski definition) is 2. The van der Waals surface area contributed by atoms with E-state index in [1.165, 1.54) is 12.1 Å². The van der Waals surface area contributed by atoms with Crippen molar-refractivity contribution in [1.82, 2.24) is 0 Å². The Hall–Kier alpha value is -1.70. The second kappa shape index (κ2) is 5.35. The molecule has 2 aromatic rings. The predicted octanol–water partition coefficient (Wildman–Crippen LogP) is 3.35. The average Bonchev–Trinajstić information content (AvgIpc) is 2.44. The fraction of sp³-hybridized carbons (Fsp3) is 0.188. The Balaban J connectivity index is 2.58. The van der Waals surface area contributed by atoms with Crippen molar-refractivity contribution in [2.45, 2.75) is 20.8 Å². The summed E-state index contributed by atoms with van der Waals surface area (Å²) in [5.74, 6) is 0. The summed E-state index contributed by atoms with van der Waals surface area (Å²) in [6.45, 7) is 5.47. The van der Waals surface area contributed by atoms with Gasteiger partial charge in [-0.1, -0.05) is 30.3 Å². The van der Waals surface area contributed by atoms with Crippen molar-refractivity contribution in [1.29, 1.82) is 0 Å². The van der Waals surface area contributed by atoms with Gasteiger partial charge in [0.05, 0.1) is 0 Å². The zero-order valence-corrected chi connectivity index (χ0v) is 12.6. The number of carbonyl (C=O) groups excluding carboxylic acids is 1. The highest BCUT2D eigenvalue weighted by Gasteiger charge is 2.34. The van der Waals surface area contributed by atoms with Crippen LogP contribution in [0.1, 0.15) is 27.0 Å². The van der Waals surface area contributed by atoms with Crippen LogP contribution in [0.2, 0.25) is 0 Å². The van der Waals surface area contributed by atoms with Gasteiger partial charge in [0.1, 0.15) is 0 Å². The Morgan fingerprint density at radius 2 is 1.50 bits per heavy atom. The highest BCUT2D eigenvalue weighted by atomic mass is 31.2. The smallest absolute Gasteiger partial charge is 0.298 e. The van der Waals surface area contributed by atoms with E-state index in [-0.39, 0.29) is 5.30 Å². The number of benzene rings is 2. The lowest BCUT2D eigenvalue weighted by molar-refractivity contribution is 0.106. The van der Waals surface area contributed by atoms with E-state index in [1.54, 1.807) is 38.1 Å². The standard InChI is InChI=1S/C16H17O3P/c1-11-9-10-12(2)15(13(11)3)16(17)20(18,19)14-7-5-4-6-8-14/h4-10H,1-3H3,(H,18,19). The van der Waals surface area contributed by atoms with Gasteiger partial charge >= 0.3 is 0 Å². The molecule has 0 aliphatic rings. The zero-order chi connectivity index (χ0) is 14.9. The largest absolute Gasteiger partial charge is 0.336 e. The molecular weight excluding hydrogens is 271 g/mol. The molecule has 20 heavy (non-hydrogen) atoms. The minimum atomic E-state index is -4.07. The van der Waals surface area contributed by atoms with Crippen LogP contribution >= 0.6 is 7.37 Å². The first-order chi connectivity index (χ1) is 9.35.